The third-order valence-electron chi connectivity index (χ3n) is 3.69. The Labute approximate surface area is 137 Å². The number of amides is 3. The molecule has 2 rings (SSSR count). The molecule has 2 N–H and O–H groups in total. The van der Waals surface area contributed by atoms with E-state index in [9.17, 15) is 9.59 Å². The fourth-order valence-corrected chi connectivity index (χ4v) is 2.34. The normalized spacial score (nSPS) is 14.0. The number of anilines is 1. The van der Waals surface area contributed by atoms with Gasteiger partial charge in [0.1, 0.15) is 0 Å². The number of hydrogen-bond acceptors (Lipinski definition) is 3. The smallest absolute Gasteiger partial charge is 0.321 e. The quantitative estimate of drug-likeness (QED) is 0.685. The summed E-state index contributed by atoms with van der Waals surface area (Å²) >= 11 is 0. The van der Waals surface area contributed by atoms with Gasteiger partial charge in [-0.25, -0.2) is 4.79 Å². The van der Waals surface area contributed by atoms with E-state index in [0.717, 1.165) is 31.6 Å². The van der Waals surface area contributed by atoms with Crippen molar-refractivity contribution in [2.75, 3.05) is 37.7 Å². The maximum absolute atomic E-state index is 12.0. The fraction of sp³-hybridized carbons (Fsp3) is 0.529. The predicted octanol–water partition coefficient (Wildman–Crippen LogP) is 2.15. The van der Waals surface area contributed by atoms with Crippen LogP contribution in [-0.2, 0) is 4.74 Å². The molecule has 126 valence electrons. The van der Waals surface area contributed by atoms with E-state index < -0.39 is 0 Å². The van der Waals surface area contributed by atoms with Gasteiger partial charge in [-0.2, -0.15) is 0 Å². The van der Waals surface area contributed by atoms with Gasteiger partial charge in [-0.1, -0.05) is 13.3 Å². The molecular formula is C17H25N3O3. The van der Waals surface area contributed by atoms with Crippen LogP contribution in [0.5, 0.6) is 0 Å². The molecule has 0 saturated carbocycles. The van der Waals surface area contributed by atoms with E-state index in [1.807, 2.05) is 0 Å². The van der Waals surface area contributed by atoms with Crippen LogP contribution < -0.4 is 15.5 Å². The molecule has 1 aromatic carbocycles. The number of benzene rings is 1. The molecule has 3 amide bonds. The Kier molecular flexibility index (Phi) is 6.87. The Hall–Kier alpha value is -2.08. The highest BCUT2D eigenvalue weighted by Crippen LogP contribution is 2.17. The molecule has 1 aromatic rings. The molecule has 1 aliphatic heterocycles. The Balaban J connectivity index is 1.71. The molecule has 0 unspecified atom stereocenters. The number of ether oxygens (including phenoxy) is 1. The minimum Gasteiger partial charge on any atom is -0.381 e. The Morgan fingerprint density at radius 2 is 2.00 bits per heavy atom. The molecule has 1 fully saturated rings. The van der Waals surface area contributed by atoms with Crippen molar-refractivity contribution in [2.45, 2.75) is 26.2 Å². The Morgan fingerprint density at radius 1 is 1.26 bits per heavy atom. The molecule has 1 heterocycles. The standard InChI is InChI=1S/C17H25N3O3/c1-2-3-12-23-13-4-9-18-16(21)14-5-7-15(8-6-14)20-11-10-19-17(20)22/h5-8H,2-4,9-13H2,1H3,(H,18,21)(H,19,22). The second-order valence-corrected chi connectivity index (χ2v) is 5.51. The third kappa shape index (κ3) is 5.25. The van der Waals surface area contributed by atoms with Crippen molar-refractivity contribution >= 4 is 17.6 Å². The Morgan fingerprint density at radius 3 is 2.65 bits per heavy atom. The second kappa shape index (κ2) is 9.15. The molecule has 6 heteroatoms. The third-order valence-corrected chi connectivity index (χ3v) is 3.69. The van der Waals surface area contributed by atoms with Crippen LogP contribution in [0.4, 0.5) is 10.5 Å². The summed E-state index contributed by atoms with van der Waals surface area (Å²) in [5.74, 6) is -0.101. The van der Waals surface area contributed by atoms with Gasteiger partial charge in [-0.3, -0.25) is 9.69 Å². The van der Waals surface area contributed by atoms with Gasteiger partial charge in [0, 0.05) is 44.1 Å². The van der Waals surface area contributed by atoms with Crippen LogP contribution >= 0.6 is 0 Å². The molecule has 1 saturated heterocycles. The average Bonchev–Trinajstić information content (AvgIpc) is 3.00. The van der Waals surface area contributed by atoms with Gasteiger partial charge in [0.05, 0.1) is 0 Å². The summed E-state index contributed by atoms with van der Waals surface area (Å²) < 4.78 is 5.45. The van der Waals surface area contributed by atoms with Gasteiger partial charge in [0.2, 0.25) is 0 Å². The lowest BCUT2D eigenvalue weighted by Crippen LogP contribution is -2.28. The van der Waals surface area contributed by atoms with E-state index in [1.165, 1.54) is 0 Å². The van der Waals surface area contributed by atoms with Crippen molar-refractivity contribution in [3.8, 4) is 0 Å². The van der Waals surface area contributed by atoms with E-state index in [-0.39, 0.29) is 11.9 Å². The van der Waals surface area contributed by atoms with Crippen molar-refractivity contribution in [1.82, 2.24) is 10.6 Å². The lowest BCUT2D eigenvalue weighted by Gasteiger charge is -2.14. The number of hydrogen-bond donors (Lipinski definition) is 2. The van der Waals surface area contributed by atoms with Crippen LogP contribution in [0.25, 0.3) is 0 Å². The molecule has 1 aliphatic rings. The molecule has 23 heavy (non-hydrogen) atoms. The van der Waals surface area contributed by atoms with Crippen LogP contribution in [-0.4, -0.2) is 44.8 Å². The van der Waals surface area contributed by atoms with E-state index >= 15 is 0 Å². The van der Waals surface area contributed by atoms with Crippen molar-refractivity contribution < 1.29 is 14.3 Å². The first kappa shape index (κ1) is 17.3. The van der Waals surface area contributed by atoms with Crippen LogP contribution in [0.2, 0.25) is 0 Å². The summed E-state index contributed by atoms with van der Waals surface area (Å²) in [4.78, 5) is 25.3. The van der Waals surface area contributed by atoms with E-state index in [1.54, 1.807) is 29.2 Å². The zero-order chi connectivity index (χ0) is 16.5. The Bertz CT molecular complexity index is 516. The van der Waals surface area contributed by atoms with Gasteiger partial charge in [-0.05, 0) is 37.1 Å². The summed E-state index contributed by atoms with van der Waals surface area (Å²) in [6.45, 7) is 5.50. The van der Waals surface area contributed by atoms with Gasteiger partial charge in [-0.15, -0.1) is 0 Å². The van der Waals surface area contributed by atoms with Gasteiger partial charge < -0.3 is 15.4 Å². The van der Waals surface area contributed by atoms with E-state index in [2.05, 4.69) is 17.6 Å². The van der Waals surface area contributed by atoms with Crippen LogP contribution in [0.1, 0.15) is 36.5 Å². The van der Waals surface area contributed by atoms with Crippen LogP contribution in [0, 0.1) is 0 Å². The average molecular weight is 319 g/mol. The second-order valence-electron chi connectivity index (χ2n) is 5.51. The lowest BCUT2D eigenvalue weighted by molar-refractivity contribution is 0.0940. The maximum Gasteiger partial charge on any atom is 0.321 e. The summed E-state index contributed by atoms with van der Waals surface area (Å²) in [6.07, 6.45) is 3.01. The summed E-state index contributed by atoms with van der Waals surface area (Å²) in [6, 6.07) is 6.99. The van der Waals surface area contributed by atoms with Crippen molar-refractivity contribution in [3.63, 3.8) is 0 Å². The van der Waals surface area contributed by atoms with E-state index in [0.29, 0.717) is 31.8 Å². The molecule has 0 atom stereocenters. The summed E-state index contributed by atoms with van der Waals surface area (Å²) in [7, 11) is 0. The first-order chi connectivity index (χ1) is 11.2. The first-order valence-electron chi connectivity index (χ1n) is 8.23. The molecular weight excluding hydrogens is 294 g/mol. The minimum atomic E-state index is -0.101. The van der Waals surface area contributed by atoms with E-state index in [4.69, 9.17) is 4.74 Å². The molecule has 0 spiro atoms. The zero-order valence-electron chi connectivity index (χ0n) is 13.6. The first-order valence-corrected chi connectivity index (χ1v) is 8.23. The highest BCUT2D eigenvalue weighted by atomic mass is 16.5. The predicted molar refractivity (Wildman–Crippen MR) is 89.9 cm³/mol. The highest BCUT2D eigenvalue weighted by Gasteiger charge is 2.21. The van der Waals surface area contributed by atoms with Gasteiger partial charge in [0.15, 0.2) is 0 Å². The van der Waals surface area contributed by atoms with Crippen molar-refractivity contribution in [3.05, 3.63) is 29.8 Å². The lowest BCUT2D eigenvalue weighted by atomic mass is 10.2. The van der Waals surface area contributed by atoms with Crippen molar-refractivity contribution in [2.24, 2.45) is 0 Å². The monoisotopic (exact) mass is 319 g/mol. The van der Waals surface area contributed by atoms with Crippen LogP contribution in [0.3, 0.4) is 0 Å². The topological polar surface area (TPSA) is 70.7 Å². The van der Waals surface area contributed by atoms with Crippen LogP contribution in [0.15, 0.2) is 24.3 Å². The number of rotatable bonds is 9. The number of unbranched alkanes of at least 4 members (excludes halogenated alkanes) is 1. The number of carbonyl (C=O) groups excluding carboxylic acids is 2. The number of nitrogens with zero attached hydrogens (tertiary/aromatic N) is 1. The number of carbonyl (C=O) groups is 2. The SMILES string of the molecule is CCCCOCCCNC(=O)c1ccc(N2CCNC2=O)cc1. The molecule has 6 nitrogen and oxygen atoms in total. The number of urea groups is 1. The van der Waals surface area contributed by atoms with Crippen molar-refractivity contribution in [1.29, 1.82) is 0 Å². The zero-order valence-corrected chi connectivity index (χ0v) is 13.6. The fourth-order valence-electron chi connectivity index (χ4n) is 2.34. The minimum absolute atomic E-state index is 0.0923. The molecule has 0 bridgehead atoms. The largest absolute Gasteiger partial charge is 0.381 e. The maximum atomic E-state index is 12.0. The summed E-state index contributed by atoms with van der Waals surface area (Å²) in [5, 5.41) is 5.63. The number of nitrogens with one attached hydrogen (secondary N) is 2. The molecule has 0 aliphatic carbocycles. The highest BCUT2D eigenvalue weighted by molar-refractivity contribution is 5.96. The summed E-state index contributed by atoms with van der Waals surface area (Å²) in [5.41, 5.74) is 1.40. The van der Waals surface area contributed by atoms with Gasteiger partial charge >= 0.3 is 6.03 Å². The van der Waals surface area contributed by atoms with Gasteiger partial charge in [0.25, 0.3) is 5.91 Å². The molecule has 0 radical (unpaired) electrons. The molecule has 0 aromatic heterocycles.